The minimum absolute atomic E-state index is 0.153. The molecule has 2 aromatic rings. The number of hydrogen-bond donors (Lipinski definition) is 0. The summed E-state index contributed by atoms with van der Waals surface area (Å²) in [6.07, 6.45) is 0.153. The molecule has 0 aliphatic heterocycles. The maximum absolute atomic E-state index is 12.1. The molecule has 0 aromatic heterocycles. The van der Waals surface area contributed by atoms with E-state index in [4.69, 9.17) is 9.47 Å². The van der Waals surface area contributed by atoms with Crippen molar-refractivity contribution in [3.63, 3.8) is 0 Å². The summed E-state index contributed by atoms with van der Waals surface area (Å²) in [7, 11) is 1.55. The number of rotatable bonds is 6. The van der Waals surface area contributed by atoms with Gasteiger partial charge in [-0.25, -0.2) is 0 Å². The summed E-state index contributed by atoms with van der Waals surface area (Å²) in [5, 5.41) is 0. The predicted octanol–water partition coefficient (Wildman–Crippen LogP) is 3.73. The van der Waals surface area contributed by atoms with Crippen LogP contribution in [0.2, 0.25) is 0 Å². The topological polar surface area (TPSA) is 52.6 Å². The maximum atomic E-state index is 12.1. The molecule has 0 aliphatic carbocycles. The first-order valence-corrected chi connectivity index (χ1v) is 7.87. The van der Waals surface area contributed by atoms with E-state index in [9.17, 15) is 9.59 Å². The van der Waals surface area contributed by atoms with E-state index in [1.807, 2.05) is 31.2 Å². The van der Waals surface area contributed by atoms with Crippen molar-refractivity contribution in [2.24, 2.45) is 0 Å². The number of halogens is 1. The smallest absolute Gasteiger partial charge is 0.310 e. The van der Waals surface area contributed by atoms with E-state index in [1.54, 1.807) is 25.3 Å². The van der Waals surface area contributed by atoms with E-state index < -0.39 is 5.97 Å². The molecule has 0 saturated heterocycles. The second-order valence-electron chi connectivity index (χ2n) is 5.10. The van der Waals surface area contributed by atoms with Crippen LogP contribution in [0.1, 0.15) is 21.5 Å². The predicted molar refractivity (Wildman–Crippen MR) is 90.9 cm³/mol. The molecule has 5 heteroatoms. The van der Waals surface area contributed by atoms with Gasteiger partial charge < -0.3 is 9.47 Å². The lowest BCUT2D eigenvalue weighted by Gasteiger charge is -2.07. The number of methoxy groups -OCH3 is 1. The highest BCUT2D eigenvalue weighted by atomic mass is 79.9. The molecule has 0 N–H and O–H groups in total. The lowest BCUT2D eigenvalue weighted by molar-refractivity contribution is -0.141. The van der Waals surface area contributed by atoms with Crippen molar-refractivity contribution in [1.29, 1.82) is 0 Å². The van der Waals surface area contributed by atoms with Gasteiger partial charge in [-0.05, 0) is 46.6 Å². The van der Waals surface area contributed by atoms with Crippen molar-refractivity contribution < 1.29 is 19.1 Å². The Balaban J connectivity index is 1.89. The average molecular weight is 377 g/mol. The van der Waals surface area contributed by atoms with Crippen LogP contribution in [-0.4, -0.2) is 25.5 Å². The Morgan fingerprint density at radius 1 is 1.09 bits per heavy atom. The van der Waals surface area contributed by atoms with E-state index >= 15 is 0 Å². The van der Waals surface area contributed by atoms with Gasteiger partial charge in [0.05, 0.1) is 18.0 Å². The zero-order valence-electron chi connectivity index (χ0n) is 13.0. The Labute approximate surface area is 143 Å². The molecule has 0 amide bonds. The van der Waals surface area contributed by atoms with Gasteiger partial charge >= 0.3 is 5.97 Å². The number of aryl methyl sites for hydroxylation is 1. The van der Waals surface area contributed by atoms with Crippen LogP contribution in [-0.2, 0) is 16.0 Å². The van der Waals surface area contributed by atoms with Crippen LogP contribution < -0.4 is 4.74 Å². The lowest BCUT2D eigenvalue weighted by atomic mass is 10.1. The van der Waals surface area contributed by atoms with Gasteiger partial charge in [0.15, 0.2) is 12.4 Å². The fourth-order valence-corrected chi connectivity index (χ4v) is 2.53. The lowest BCUT2D eigenvalue weighted by Crippen LogP contribution is -2.15. The first-order chi connectivity index (χ1) is 11.0. The minimum atomic E-state index is -0.421. The Morgan fingerprint density at radius 2 is 1.78 bits per heavy atom. The van der Waals surface area contributed by atoms with Crippen molar-refractivity contribution in [2.45, 2.75) is 13.3 Å². The molecule has 2 aromatic carbocycles. The van der Waals surface area contributed by atoms with Crippen LogP contribution in [0.4, 0.5) is 0 Å². The quantitative estimate of drug-likeness (QED) is 0.569. The molecule has 0 aliphatic rings. The molecule has 23 heavy (non-hydrogen) atoms. The van der Waals surface area contributed by atoms with Gasteiger partial charge in [0, 0.05) is 5.56 Å². The maximum Gasteiger partial charge on any atom is 0.310 e. The van der Waals surface area contributed by atoms with Crippen molar-refractivity contribution >= 4 is 27.7 Å². The summed E-state index contributed by atoms with van der Waals surface area (Å²) < 4.78 is 10.8. The van der Waals surface area contributed by atoms with Gasteiger partial charge in [0.25, 0.3) is 0 Å². The number of ether oxygens (including phenoxy) is 2. The van der Waals surface area contributed by atoms with Gasteiger partial charge in [-0.3, -0.25) is 9.59 Å². The molecule has 0 bridgehead atoms. The number of carbonyl (C=O) groups excluding carboxylic acids is 2. The highest BCUT2D eigenvalue weighted by molar-refractivity contribution is 9.10. The van der Waals surface area contributed by atoms with Crippen molar-refractivity contribution in [2.75, 3.05) is 13.7 Å². The number of ketones is 1. The molecule has 120 valence electrons. The second-order valence-corrected chi connectivity index (χ2v) is 5.95. The molecule has 0 atom stereocenters. The molecular formula is C18H17BrO4. The SMILES string of the molecule is COc1ccc(C(=O)COC(=O)Cc2ccc(C)cc2)cc1Br. The number of hydrogen-bond acceptors (Lipinski definition) is 4. The third-order valence-corrected chi connectivity index (χ3v) is 3.93. The Morgan fingerprint density at radius 3 is 2.39 bits per heavy atom. The first kappa shape index (κ1) is 17.2. The highest BCUT2D eigenvalue weighted by Gasteiger charge is 2.12. The van der Waals surface area contributed by atoms with Crippen LogP contribution in [0, 0.1) is 6.92 Å². The van der Waals surface area contributed by atoms with Crippen molar-refractivity contribution in [3.05, 3.63) is 63.6 Å². The minimum Gasteiger partial charge on any atom is -0.496 e. The standard InChI is InChI=1S/C18H17BrO4/c1-12-3-5-13(6-4-12)9-18(21)23-11-16(20)14-7-8-17(22-2)15(19)10-14/h3-8,10H,9,11H2,1-2H3. The van der Waals surface area contributed by atoms with Gasteiger partial charge in [-0.1, -0.05) is 29.8 Å². The fraction of sp³-hybridized carbons (Fsp3) is 0.222. The fourth-order valence-electron chi connectivity index (χ4n) is 1.99. The number of esters is 1. The molecule has 0 radical (unpaired) electrons. The first-order valence-electron chi connectivity index (χ1n) is 7.07. The average Bonchev–Trinajstić information content (AvgIpc) is 2.54. The molecule has 0 spiro atoms. The van der Waals surface area contributed by atoms with E-state index in [0.717, 1.165) is 11.1 Å². The summed E-state index contributed by atoms with van der Waals surface area (Å²) in [5.74, 6) is -0.0432. The normalized spacial score (nSPS) is 10.2. The van der Waals surface area contributed by atoms with Crippen LogP contribution in [0.5, 0.6) is 5.75 Å². The Bertz CT molecular complexity index is 707. The van der Waals surface area contributed by atoms with Gasteiger partial charge in [-0.15, -0.1) is 0 Å². The van der Waals surface area contributed by atoms with Crippen molar-refractivity contribution in [1.82, 2.24) is 0 Å². The monoisotopic (exact) mass is 376 g/mol. The van der Waals surface area contributed by atoms with Crippen molar-refractivity contribution in [3.8, 4) is 5.75 Å². The van der Waals surface area contributed by atoms with Crippen LogP contribution in [0.15, 0.2) is 46.9 Å². The molecule has 0 fully saturated rings. The summed E-state index contributed by atoms with van der Waals surface area (Å²) in [6.45, 7) is 1.71. The molecule has 0 heterocycles. The third kappa shape index (κ3) is 4.93. The molecule has 0 unspecified atom stereocenters. The summed E-state index contributed by atoms with van der Waals surface area (Å²) in [5.41, 5.74) is 2.45. The summed E-state index contributed by atoms with van der Waals surface area (Å²) >= 11 is 3.32. The van der Waals surface area contributed by atoms with Crippen LogP contribution in [0.25, 0.3) is 0 Å². The molecular weight excluding hydrogens is 360 g/mol. The summed E-state index contributed by atoms with van der Waals surface area (Å²) in [6, 6.07) is 12.6. The van der Waals surface area contributed by atoms with E-state index in [2.05, 4.69) is 15.9 Å². The zero-order chi connectivity index (χ0) is 16.8. The van der Waals surface area contributed by atoms with Crippen LogP contribution in [0.3, 0.4) is 0 Å². The molecule has 0 saturated carbocycles. The third-order valence-electron chi connectivity index (χ3n) is 3.31. The Kier molecular flexibility index (Phi) is 5.93. The van der Waals surface area contributed by atoms with Gasteiger partial charge in [-0.2, -0.15) is 0 Å². The van der Waals surface area contributed by atoms with Gasteiger partial charge in [0.2, 0.25) is 0 Å². The van der Waals surface area contributed by atoms with Gasteiger partial charge in [0.1, 0.15) is 5.75 Å². The largest absolute Gasteiger partial charge is 0.496 e. The van der Waals surface area contributed by atoms with E-state index in [-0.39, 0.29) is 18.8 Å². The number of benzene rings is 2. The highest BCUT2D eigenvalue weighted by Crippen LogP contribution is 2.25. The number of Topliss-reactive ketones (excluding diaryl/α,β-unsaturated/α-hetero) is 1. The second kappa shape index (κ2) is 7.92. The zero-order valence-corrected chi connectivity index (χ0v) is 14.6. The van der Waals surface area contributed by atoms with E-state index in [1.165, 1.54) is 0 Å². The number of carbonyl (C=O) groups is 2. The Hall–Kier alpha value is -2.14. The molecule has 2 rings (SSSR count). The summed E-state index contributed by atoms with van der Waals surface area (Å²) in [4.78, 5) is 23.9. The van der Waals surface area contributed by atoms with Crippen LogP contribution >= 0.6 is 15.9 Å². The molecule has 4 nitrogen and oxygen atoms in total. The van der Waals surface area contributed by atoms with E-state index in [0.29, 0.717) is 15.8 Å².